The van der Waals surface area contributed by atoms with Gasteiger partial charge in [0, 0.05) is 18.0 Å². The molecule has 6 nitrogen and oxygen atoms in total. The van der Waals surface area contributed by atoms with E-state index < -0.39 is 10.0 Å². The monoisotopic (exact) mass is 304 g/mol. The zero-order valence-corrected chi connectivity index (χ0v) is 12.1. The van der Waals surface area contributed by atoms with Gasteiger partial charge in [-0.2, -0.15) is 0 Å². The normalized spacial score (nSPS) is 11.0. The number of sulfonamides is 1. The molecule has 0 atom stereocenters. The van der Waals surface area contributed by atoms with E-state index >= 15 is 0 Å². The number of para-hydroxylation sites is 1. The Morgan fingerprint density at radius 1 is 1.19 bits per heavy atom. The van der Waals surface area contributed by atoms with Crippen LogP contribution >= 0.6 is 0 Å². The van der Waals surface area contributed by atoms with Gasteiger partial charge in [0.2, 0.25) is 10.0 Å². The van der Waals surface area contributed by atoms with Gasteiger partial charge in [0.25, 0.3) is 0 Å². The number of hydrogen-bond acceptors (Lipinski definition) is 4. The summed E-state index contributed by atoms with van der Waals surface area (Å²) in [6.07, 6.45) is 3.64. The lowest BCUT2D eigenvalue weighted by Gasteiger charge is -2.11. The molecule has 0 spiro atoms. The van der Waals surface area contributed by atoms with E-state index in [0.717, 1.165) is 5.56 Å². The average molecular weight is 304 g/mol. The minimum atomic E-state index is -3.51. The molecule has 0 saturated heterocycles. The molecule has 0 aliphatic carbocycles. The van der Waals surface area contributed by atoms with Gasteiger partial charge in [-0.1, -0.05) is 12.1 Å². The van der Waals surface area contributed by atoms with Crippen LogP contribution in [0.1, 0.15) is 11.1 Å². The van der Waals surface area contributed by atoms with E-state index in [-0.39, 0.29) is 11.6 Å². The molecule has 0 unspecified atom stereocenters. The Kier molecular flexibility index (Phi) is 4.54. The highest BCUT2D eigenvalue weighted by molar-refractivity contribution is 7.92. The Hall–Kier alpha value is -2.41. The SMILES string of the molecule is N=C(N)c1ccccc1NS(=O)(=O)CCc1ccncc1. The molecule has 4 N–H and O–H groups in total. The van der Waals surface area contributed by atoms with Gasteiger partial charge in [-0.05, 0) is 36.2 Å². The van der Waals surface area contributed by atoms with Crippen LogP contribution in [0.5, 0.6) is 0 Å². The first-order valence-corrected chi connectivity index (χ1v) is 7.96. The van der Waals surface area contributed by atoms with Crippen LogP contribution in [0, 0.1) is 5.41 Å². The van der Waals surface area contributed by atoms with Gasteiger partial charge < -0.3 is 5.73 Å². The van der Waals surface area contributed by atoms with Crippen LogP contribution in [0.15, 0.2) is 48.8 Å². The van der Waals surface area contributed by atoms with Crippen LogP contribution in [-0.2, 0) is 16.4 Å². The van der Waals surface area contributed by atoms with Gasteiger partial charge in [-0.3, -0.25) is 15.1 Å². The summed E-state index contributed by atoms with van der Waals surface area (Å²) in [5, 5.41) is 7.46. The number of aryl methyl sites for hydroxylation is 1. The number of nitrogen functional groups attached to an aromatic ring is 1. The molecule has 0 bridgehead atoms. The summed E-state index contributed by atoms with van der Waals surface area (Å²) in [7, 11) is -3.51. The molecule has 0 fully saturated rings. The molecule has 0 aliphatic heterocycles. The molecule has 1 heterocycles. The second-order valence-corrected chi connectivity index (χ2v) is 6.33. The molecule has 2 rings (SSSR count). The molecule has 2 aromatic rings. The van der Waals surface area contributed by atoms with Crippen LogP contribution in [-0.4, -0.2) is 25.0 Å². The molecule has 110 valence electrons. The van der Waals surface area contributed by atoms with Crippen molar-refractivity contribution in [2.45, 2.75) is 6.42 Å². The van der Waals surface area contributed by atoms with Gasteiger partial charge in [0.1, 0.15) is 5.84 Å². The lowest BCUT2D eigenvalue weighted by Crippen LogP contribution is -2.21. The summed E-state index contributed by atoms with van der Waals surface area (Å²) in [6.45, 7) is 0. The first-order chi connectivity index (χ1) is 9.98. The van der Waals surface area contributed by atoms with Gasteiger partial charge in [-0.15, -0.1) is 0 Å². The predicted molar refractivity (Wildman–Crippen MR) is 82.8 cm³/mol. The summed E-state index contributed by atoms with van der Waals surface area (Å²) in [6, 6.07) is 10.1. The number of nitrogens with one attached hydrogen (secondary N) is 2. The fourth-order valence-corrected chi connectivity index (χ4v) is 2.95. The maximum absolute atomic E-state index is 12.1. The van der Waals surface area contributed by atoms with Crippen LogP contribution in [0.2, 0.25) is 0 Å². The van der Waals surface area contributed by atoms with Gasteiger partial charge in [-0.25, -0.2) is 8.42 Å². The zero-order valence-electron chi connectivity index (χ0n) is 11.3. The Morgan fingerprint density at radius 3 is 2.52 bits per heavy atom. The fourth-order valence-electron chi connectivity index (χ4n) is 1.83. The molecule has 1 aromatic heterocycles. The highest BCUT2D eigenvalue weighted by Crippen LogP contribution is 2.16. The lowest BCUT2D eigenvalue weighted by atomic mass is 10.2. The van der Waals surface area contributed by atoms with Gasteiger partial charge in [0.05, 0.1) is 11.4 Å². The Labute approximate surface area is 123 Å². The molecule has 0 radical (unpaired) electrons. The van der Waals surface area contributed by atoms with Crippen LogP contribution in [0.4, 0.5) is 5.69 Å². The van der Waals surface area contributed by atoms with Gasteiger partial charge >= 0.3 is 0 Å². The highest BCUT2D eigenvalue weighted by Gasteiger charge is 2.14. The van der Waals surface area contributed by atoms with Crippen molar-refractivity contribution in [1.29, 1.82) is 5.41 Å². The summed E-state index contributed by atoms with van der Waals surface area (Å²) >= 11 is 0. The summed E-state index contributed by atoms with van der Waals surface area (Å²) < 4.78 is 26.7. The molecule has 0 saturated carbocycles. The number of benzene rings is 1. The Balaban J connectivity index is 2.10. The number of anilines is 1. The number of aromatic nitrogens is 1. The Morgan fingerprint density at radius 2 is 1.86 bits per heavy atom. The number of pyridine rings is 1. The maximum atomic E-state index is 12.1. The molecule has 0 aliphatic rings. The van der Waals surface area contributed by atoms with Crippen molar-refractivity contribution in [3.05, 3.63) is 59.9 Å². The molecular formula is C14H16N4O2S. The van der Waals surface area contributed by atoms with E-state index in [2.05, 4.69) is 9.71 Å². The second-order valence-electron chi connectivity index (χ2n) is 4.49. The largest absolute Gasteiger partial charge is 0.384 e. The van der Waals surface area contributed by atoms with Crippen molar-refractivity contribution in [2.24, 2.45) is 5.73 Å². The molecule has 0 amide bonds. The third-order valence-corrected chi connectivity index (χ3v) is 4.16. The number of hydrogen-bond donors (Lipinski definition) is 3. The van der Waals surface area contributed by atoms with Crippen LogP contribution in [0.3, 0.4) is 0 Å². The van der Waals surface area contributed by atoms with Crippen molar-refractivity contribution in [3.63, 3.8) is 0 Å². The number of nitrogens with two attached hydrogens (primary N) is 1. The van der Waals surface area contributed by atoms with Crippen molar-refractivity contribution < 1.29 is 8.42 Å². The summed E-state index contributed by atoms with van der Waals surface area (Å²) in [5.74, 6) is -0.231. The molecular weight excluding hydrogens is 288 g/mol. The molecule has 7 heteroatoms. The zero-order chi connectivity index (χ0) is 15.3. The van der Waals surface area contributed by atoms with E-state index in [4.69, 9.17) is 11.1 Å². The van der Waals surface area contributed by atoms with E-state index in [9.17, 15) is 8.42 Å². The molecule has 1 aromatic carbocycles. The first-order valence-electron chi connectivity index (χ1n) is 6.31. The summed E-state index contributed by atoms with van der Waals surface area (Å²) in [5.41, 5.74) is 7.02. The number of amidine groups is 1. The standard InChI is InChI=1S/C14H16N4O2S/c15-14(16)12-3-1-2-4-13(12)18-21(19,20)10-7-11-5-8-17-9-6-11/h1-6,8-9,18H,7,10H2,(H3,15,16). The molecule has 21 heavy (non-hydrogen) atoms. The maximum Gasteiger partial charge on any atom is 0.233 e. The quantitative estimate of drug-likeness (QED) is 0.553. The van der Waals surface area contributed by atoms with Gasteiger partial charge in [0.15, 0.2) is 0 Å². The first kappa shape index (κ1) is 15.0. The predicted octanol–water partition coefficient (Wildman–Crippen LogP) is 1.35. The highest BCUT2D eigenvalue weighted by atomic mass is 32.2. The minimum Gasteiger partial charge on any atom is -0.384 e. The Bertz CT molecular complexity index is 730. The smallest absolute Gasteiger partial charge is 0.233 e. The van der Waals surface area contributed by atoms with E-state index in [1.807, 2.05) is 0 Å². The van der Waals surface area contributed by atoms with Crippen LogP contribution in [0.25, 0.3) is 0 Å². The number of nitrogens with zero attached hydrogens (tertiary/aromatic N) is 1. The average Bonchev–Trinajstić information content (AvgIpc) is 2.46. The fraction of sp³-hybridized carbons (Fsp3) is 0.143. The minimum absolute atomic E-state index is 0.0523. The van der Waals surface area contributed by atoms with Crippen molar-refractivity contribution in [1.82, 2.24) is 4.98 Å². The third kappa shape index (κ3) is 4.28. The van der Waals surface area contributed by atoms with Crippen LogP contribution < -0.4 is 10.5 Å². The number of rotatable bonds is 6. The van der Waals surface area contributed by atoms with E-state index in [1.54, 1.807) is 48.8 Å². The van der Waals surface area contributed by atoms with Crippen molar-refractivity contribution >= 4 is 21.5 Å². The summed E-state index contributed by atoms with van der Waals surface area (Å²) in [4.78, 5) is 3.89. The van der Waals surface area contributed by atoms with Crippen molar-refractivity contribution in [3.8, 4) is 0 Å². The van der Waals surface area contributed by atoms with E-state index in [0.29, 0.717) is 17.7 Å². The third-order valence-electron chi connectivity index (χ3n) is 2.89. The van der Waals surface area contributed by atoms with Crippen molar-refractivity contribution in [2.75, 3.05) is 10.5 Å². The lowest BCUT2D eigenvalue weighted by molar-refractivity contribution is 0.600. The second kappa shape index (κ2) is 6.36. The van der Waals surface area contributed by atoms with E-state index in [1.165, 1.54) is 0 Å². The topological polar surface area (TPSA) is 109 Å².